The Morgan fingerprint density at radius 3 is 2.41 bits per heavy atom. The summed E-state index contributed by atoms with van der Waals surface area (Å²) in [7, 11) is 3.29. The first-order chi connectivity index (χ1) is 16.2. The monoisotopic (exact) mass is 462 g/mol. The number of anilines is 1. The molecule has 0 aliphatic carbocycles. The van der Waals surface area contributed by atoms with E-state index in [1.54, 1.807) is 32.4 Å². The van der Waals surface area contributed by atoms with Gasteiger partial charge in [-0.2, -0.15) is 0 Å². The topological polar surface area (TPSA) is 93.7 Å². The summed E-state index contributed by atoms with van der Waals surface area (Å²) in [6.45, 7) is 5.89. The quantitative estimate of drug-likeness (QED) is 0.541. The number of ether oxygens (including phenoxy) is 2. The van der Waals surface area contributed by atoms with Crippen molar-refractivity contribution in [1.29, 1.82) is 0 Å². The number of likely N-dealkylation sites (N-methyl/N-ethyl adjacent to an activating group) is 1. The molecule has 3 aromatic rings. The minimum atomic E-state index is -0.564. The highest BCUT2D eigenvalue weighted by molar-refractivity contribution is 6.05. The molecule has 0 fully saturated rings. The van der Waals surface area contributed by atoms with Crippen LogP contribution in [0.25, 0.3) is 11.3 Å². The average molecular weight is 463 g/mol. The molecular weight excluding hydrogens is 432 g/mol. The number of carbonyl (C=O) groups excluding carboxylic acids is 2. The molecule has 0 atom stereocenters. The Bertz CT molecular complexity index is 1140. The van der Waals surface area contributed by atoms with Crippen LogP contribution < -0.4 is 10.1 Å². The Labute approximate surface area is 199 Å². The highest BCUT2D eigenvalue weighted by Crippen LogP contribution is 2.22. The molecule has 34 heavy (non-hydrogen) atoms. The molecule has 0 aliphatic rings. The number of hydrogen-bond acceptors (Lipinski definition) is 6. The van der Waals surface area contributed by atoms with E-state index in [4.69, 9.17) is 9.47 Å². The molecule has 0 aliphatic heterocycles. The SMILES string of the molecule is COc1ccc(-c2cc(NC(=O)c3ccccc3CCN(C)C(=O)OC(C)(C)C)ncn2)cc1. The predicted octanol–water partition coefficient (Wildman–Crippen LogP) is 4.81. The van der Waals surface area contributed by atoms with E-state index in [2.05, 4.69) is 15.3 Å². The molecule has 178 valence electrons. The van der Waals surface area contributed by atoms with Crippen molar-refractivity contribution in [2.24, 2.45) is 0 Å². The van der Waals surface area contributed by atoms with Gasteiger partial charge in [-0.3, -0.25) is 4.79 Å². The molecule has 1 aromatic heterocycles. The summed E-state index contributed by atoms with van der Waals surface area (Å²) >= 11 is 0. The van der Waals surface area contributed by atoms with Crippen molar-refractivity contribution in [2.75, 3.05) is 26.0 Å². The number of nitrogens with one attached hydrogen (secondary N) is 1. The maximum atomic E-state index is 13.0. The molecule has 2 aromatic carbocycles. The number of rotatable bonds is 7. The van der Waals surface area contributed by atoms with Crippen molar-refractivity contribution in [3.05, 3.63) is 72.1 Å². The van der Waals surface area contributed by atoms with Crippen LogP contribution in [-0.2, 0) is 11.2 Å². The third-order valence-corrected chi connectivity index (χ3v) is 4.98. The van der Waals surface area contributed by atoms with Gasteiger partial charge in [0, 0.05) is 30.8 Å². The molecule has 1 N–H and O–H groups in total. The van der Waals surface area contributed by atoms with Crippen LogP contribution in [-0.4, -0.2) is 53.2 Å². The number of amides is 2. The van der Waals surface area contributed by atoms with Gasteiger partial charge in [0.15, 0.2) is 0 Å². The molecule has 0 saturated heterocycles. The van der Waals surface area contributed by atoms with Crippen LogP contribution in [0.1, 0.15) is 36.7 Å². The van der Waals surface area contributed by atoms with Crippen molar-refractivity contribution in [2.45, 2.75) is 32.8 Å². The van der Waals surface area contributed by atoms with E-state index in [9.17, 15) is 9.59 Å². The van der Waals surface area contributed by atoms with E-state index < -0.39 is 11.7 Å². The van der Waals surface area contributed by atoms with E-state index in [-0.39, 0.29) is 5.91 Å². The molecular formula is C26H30N4O4. The highest BCUT2D eigenvalue weighted by Gasteiger charge is 2.20. The van der Waals surface area contributed by atoms with Gasteiger partial charge in [-0.1, -0.05) is 18.2 Å². The van der Waals surface area contributed by atoms with Gasteiger partial charge in [-0.25, -0.2) is 14.8 Å². The van der Waals surface area contributed by atoms with Crippen LogP contribution in [0.3, 0.4) is 0 Å². The fraction of sp³-hybridized carbons (Fsp3) is 0.308. The molecule has 0 spiro atoms. The lowest BCUT2D eigenvalue weighted by atomic mass is 10.0. The van der Waals surface area contributed by atoms with Gasteiger partial charge >= 0.3 is 6.09 Å². The Morgan fingerprint density at radius 1 is 1.03 bits per heavy atom. The zero-order valence-corrected chi connectivity index (χ0v) is 20.2. The summed E-state index contributed by atoms with van der Waals surface area (Å²) in [6.07, 6.45) is 1.51. The fourth-order valence-electron chi connectivity index (χ4n) is 3.21. The molecule has 0 bridgehead atoms. The summed E-state index contributed by atoms with van der Waals surface area (Å²) in [4.78, 5) is 35.3. The van der Waals surface area contributed by atoms with Crippen molar-refractivity contribution in [3.8, 4) is 17.0 Å². The second kappa shape index (κ2) is 10.8. The first kappa shape index (κ1) is 24.7. The minimum absolute atomic E-state index is 0.282. The van der Waals surface area contributed by atoms with Crippen LogP contribution in [0.2, 0.25) is 0 Å². The largest absolute Gasteiger partial charge is 0.497 e. The molecule has 0 saturated carbocycles. The number of methoxy groups -OCH3 is 1. The second-order valence-electron chi connectivity index (χ2n) is 8.78. The number of carbonyl (C=O) groups is 2. The molecule has 1 heterocycles. The van der Waals surface area contributed by atoms with Gasteiger partial charge < -0.3 is 19.7 Å². The van der Waals surface area contributed by atoms with E-state index in [0.717, 1.165) is 16.9 Å². The van der Waals surface area contributed by atoms with E-state index in [1.165, 1.54) is 11.2 Å². The summed E-state index contributed by atoms with van der Waals surface area (Å²) in [5.41, 5.74) is 2.33. The van der Waals surface area contributed by atoms with Crippen molar-refractivity contribution in [1.82, 2.24) is 14.9 Å². The molecule has 8 nitrogen and oxygen atoms in total. The minimum Gasteiger partial charge on any atom is -0.497 e. The van der Waals surface area contributed by atoms with Crippen molar-refractivity contribution in [3.63, 3.8) is 0 Å². The third-order valence-electron chi connectivity index (χ3n) is 4.98. The second-order valence-corrected chi connectivity index (χ2v) is 8.78. The summed E-state index contributed by atoms with van der Waals surface area (Å²) in [5.74, 6) is 0.863. The Balaban J connectivity index is 1.69. The number of benzene rings is 2. The van der Waals surface area contributed by atoms with Crippen LogP contribution in [0.4, 0.5) is 10.6 Å². The molecule has 2 amide bonds. The molecule has 0 unspecified atom stereocenters. The van der Waals surface area contributed by atoms with Crippen LogP contribution in [0.5, 0.6) is 5.75 Å². The van der Waals surface area contributed by atoms with Gasteiger partial charge in [-0.05, 0) is 63.1 Å². The van der Waals surface area contributed by atoms with Crippen LogP contribution >= 0.6 is 0 Å². The summed E-state index contributed by atoms with van der Waals surface area (Å²) < 4.78 is 10.6. The Morgan fingerprint density at radius 2 is 1.74 bits per heavy atom. The molecule has 3 rings (SSSR count). The zero-order valence-electron chi connectivity index (χ0n) is 20.2. The van der Waals surface area contributed by atoms with Gasteiger partial charge in [0.1, 0.15) is 23.5 Å². The van der Waals surface area contributed by atoms with Crippen molar-refractivity contribution < 1.29 is 19.1 Å². The molecule has 8 heteroatoms. The average Bonchev–Trinajstić information content (AvgIpc) is 2.81. The summed E-state index contributed by atoms with van der Waals surface area (Å²) in [5, 5.41) is 2.85. The smallest absolute Gasteiger partial charge is 0.410 e. The summed E-state index contributed by atoms with van der Waals surface area (Å²) in [6, 6.07) is 16.5. The lowest BCUT2D eigenvalue weighted by Crippen LogP contribution is -2.35. The zero-order chi connectivity index (χ0) is 24.7. The number of nitrogens with zero attached hydrogens (tertiary/aromatic N) is 3. The standard InChI is InChI=1S/C26H30N4O4/c1-26(2,3)34-25(32)30(4)15-14-18-8-6-7-9-21(18)24(31)29-23-16-22(27-17-28-23)19-10-12-20(33-5)13-11-19/h6-13,16-17H,14-15H2,1-5H3,(H,27,28,29,31). The van der Waals surface area contributed by atoms with E-state index in [0.29, 0.717) is 30.0 Å². The van der Waals surface area contributed by atoms with E-state index >= 15 is 0 Å². The highest BCUT2D eigenvalue weighted by atomic mass is 16.6. The fourth-order valence-corrected chi connectivity index (χ4v) is 3.21. The van der Waals surface area contributed by atoms with Gasteiger partial charge in [0.2, 0.25) is 0 Å². The lowest BCUT2D eigenvalue weighted by Gasteiger charge is -2.24. The Kier molecular flexibility index (Phi) is 7.83. The van der Waals surface area contributed by atoms with Gasteiger partial charge in [-0.15, -0.1) is 0 Å². The number of hydrogen-bond donors (Lipinski definition) is 1. The van der Waals surface area contributed by atoms with Gasteiger partial charge in [0.05, 0.1) is 12.8 Å². The predicted molar refractivity (Wildman–Crippen MR) is 131 cm³/mol. The maximum Gasteiger partial charge on any atom is 0.410 e. The molecule has 0 radical (unpaired) electrons. The van der Waals surface area contributed by atoms with Crippen LogP contribution in [0, 0.1) is 0 Å². The van der Waals surface area contributed by atoms with E-state index in [1.807, 2.05) is 57.2 Å². The Hall–Kier alpha value is -3.94. The lowest BCUT2D eigenvalue weighted by molar-refractivity contribution is 0.0300. The van der Waals surface area contributed by atoms with Crippen LogP contribution in [0.15, 0.2) is 60.9 Å². The number of aromatic nitrogens is 2. The first-order valence-electron chi connectivity index (χ1n) is 11.0. The first-order valence-corrected chi connectivity index (χ1v) is 11.0. The maximum absolute atomic E-state index is 13.0. The van der Waals surface area contributed by atoms with Crippen molar-refractivity contribution >= 4 is 17.8 Å². The van der Waals surface area contributed by atoms with Gasteiger partial charge in [0.25, 0.3) is 5.91 Å². The normalized spacial score (nSPS) is 11.0. The third kappa shape index (κ3) is 6.78.